The van der Waals surface area contributed by atoms with Crippen molar-refractivity contribution < 1.29 is 34.2 Å². The van der Waals surface area contributed by atoms with Crippen molar-refractivity contribution in [2.75, 3.05) is 6.54 Å². The summed E-state index contributed by atoms with van der Waals surface area (Å²) in [6.07, 6.45) is -0.308. The van der Waals surface area contributed by atoms with Gasteiger partial charge in [-0.25, -0.2) is 4.79 Å². The van der Waals surface area contributed by atoms with Gasteiger partial charge in [-0.3, -0.25) is 19.2 Å². The number of carboxylic acid groups (broad SMARTS) is 2. The van der Waals surface area contributed by atoms with Gasteiger partial charge < -0.3 is 31.9 Å². The molecule has 0 aliphatic carbocycles. The molecule has 11 heteroatoms. The Balaban J connectivity index is 2.86. The number of aliphatic carboxylic acids is 2. The van der Waals surface area contributed by atoms with Crippen LogP contribution in [0.15, 0.2) is 0 Å². The Morgan fingerprint density at radius 2 is 1.84 bits per heavy atom. The zero-order valence-corrected chi connectivity index (χ0v) is 13.5. The van der Waals surface area contributed by atoms with Gasteiger partial charge in [-0.05, 0) is 19.3 Å². The highest BCUT2D eigenvalue weighted by Gasteiger charge is 2.38. The highest BCUT2D eigenvalue weighted by Crippen LogP contribution is 2.19. The first-order valence-corrected chi connectivity index (χ1v) is 7.72. The lowest BCUT2D eigenvalue weighted by molar-refractivity contribution is -0.150. The smallest absolute Gasteiger partial charge is 0.326 e. The van der Waals surface area contributed by atoms with Crippen LogP contribution in [-0.4, -0.2) is 69.4 Å². The van der Waals surface area contributed by atoms with Gasteiger partial charge in [0.25, 0.3) is 0 Å². The van der Waals surface area contributed by atoms with Crippen LogP contribution >= 0.6 is 0 Å². The average Bonchev–Trinajstić information content (AvgIpc) is 2.99. The van der Waals surface area contributed by atoms with E-state index in [-0.39, 0.29) is 19.4 Å². The van der Waals surface area contributed by atoms with Crippen molar-refractivity contribution in [3.8, 4) is 0 Å². The molecule has 0 radical (unpaired) electrons. The average molecular weight is 358 g/mol. The number of likely N-dealkylation sites (tertiary alicyclic amines) is 1. The molecular formula is C14H22N4O7. The van der Waals surface area contributed by atoms with E-state index in [9.17, 15) is 24.0 Å². The van der Waals surface area contributed by atoms with Gasteiger partial charge in [0, 0.05) is 13.0 Å². The van der Waals surface area contributed by atoms with Crippen molar-refractivity contribution in [2.45, 2.75) is 50.2 Å². The summed E-state index contributed by atoms with van der Waals surface area (Å²) in [5.41, 5.74) is 10.5. The highest BCUT2D eigenvalue weighted by atomic mass is 16.4. The van der Waals surface area contributed by atoms with Crippen molar-refractivity contribution in [3.05, 3.63) is 0 Å². The minimum atomic E-state index is -1.29. The van der Waals surface area contributed by atoms with E-state index in [4.69, 9.17) is 21.7 Å². The first kappa shape index (κ1) is 20.4. The molecule has 0 bridgehead atoms. The Bertz CT molecular complexity index is 565. The molecule has 0 spiro atoms. The number of amides is 3. The maximum absolute atomic E-state index is 12.6. The third-order valence-corrected chi connectivity index (χ3v) is 3.84. The van der Waals surface area contributed by atoms with Crippen LogP contribution in [0.5, 0.6) is 0 Å². The van der Waals surface area contributed by atoms with Crippen LogP contribution in [0.2, 0.25) is 0 Å². The van der Waals surface area contributed by atoms with Crippen molar-refractivity contribution in [3.63, 3.8) is 0 Å². The normalized spacial score (nSPS) is 19.1. The monoisotopic (exact) mass is 358 g/mol. The summed E-state index contributed by atoms with van der Waals surface area (Å²) in [5.74, 6) is -4.68. The van der Waals surface area contributed by atoms with Crippen LogP contribution in [0.1, 0.15) is 32.1 Å². The fourth-order valence-corrected chi connectivity index (χ4v) is 2.60. The molecule has 3 amide bonds. The molecule has 7 N–H and O–H groups in total. The van der Waals surface area contributed by atoms with E-state index in [1.54, 1.807) is 0 Å². The first-order valence-electron chi connectivity index (χ1n) is 7.72. The summed E-state index contributed by atoms with van der Waals surface area (Å²) in [7, 11) is 0. The van der Waals surface area contributed by atoms with Gasteiger partial charge in [-0.2, -0.15) is 0 Å². The molecule has 0 saturated carbocycles. The molecule has 1 rings (SSSR count). The number of rotatable bonds is 9. The summed E-state index contributed by atoms with van der Waals surface area (Å²) < 4.78 is 0. The van der Waals surface area contributed by atoms with Crippen LogP contribution in [0.4, 0.5) is 0 Å². The number of hydrogen-bond acceptors (Lipinski definition) is 6. The predicted molar refractivity (Wildman–Crippen MR) is 83.0 cm³/mol. The molecule has 1 aliphatic rings. The van der Waals surface area contributed by atoms with Gasteiger partial charge in [0.15, 0.2) is 0 Å². The van der Waals surface area contributed by atoms with Gasteiger partial charge in [-0.15, -0.1) is 0 Å². The molecule has 3 atom stereocenters. The van der Waals surface area contributed by atoms with E-state index in [0.717, 1.165) is 4.90 Å². The van der Waals surface area contributed by atoms with Crippen molar-refractivity contribution in [2.24, 2.45) is 11.5 Å². The fraction of sp³-hybridized carbons (Fsp3) is 0.643. The summed E-state index contributed by atoms with van der Waals surface area (Å²) >= 11 is 0. The zero-order valence-electron chi connectivity index (χ0n) is 13.5. The Labute approximate surface area is 143 Å². The van der Waals surface area contributed by atoms with Crippen LogP contribution < -0.4 is 16.8 Å². The van der Waals surface area contributed by atoms with E-state index in [1.807, 2.05) is 0 Å². The van der Waals surface area contributed by atoms with Crippen molar-refractivity contribution in [1.82, 2.24) is 10.2 Å². The van der Waals surface area contributed by atoms with Crippen LogP contribution in [0.3, 0.4) is 0 Å². The zero-order chi connectivity index (χ0) is 19.1. The molecule has 1 saturated heterocycles. The van der Waals surface area contributed by atoms with Crippen LogP contribution in [0.25, 0.3) is 0 Å². The molecular weight excluding hydrogens is 336 g/mol. The standard InChI is InChI=1S/C14H22N4O7/c15-7(6-10(16)19)12(22)17-8(3-4-11(20)21)13(23)18-5-1-2-9(18)14(24)25/h7-9H,1-6,15H2,(H2,16,19)(H,17,22)(H,20,21)(H,24,25). The number of carboxylic acids is 2. The minimum Gasteiger partial charge on any atom is -0.481 e. The number of hydrogen-bond donors (Lipinski definition) is 5. The van der Waals surface area contributed by atoms with Crippen molar-refractivity contribution >= 4 is 29.7 Å². The lowest BCUT2D eigenvalue weighted by Crippen LogP contribution is -2.55. The Morgan fingerprint density at radius 3 is 2.36 bits per heavy atom. The first-order chi connectivity index (χ1) is 11.6. The van der Waals surface area contributed by atoms with Crippen LogP contribution in [-0.2, 0) is 24.0 Å². The summed E-state index contributed by atoms with van der Waals surface area (Å²) in [5, 5.41) is 20.2. The third-order valence-electron chi connectivity index (χ3n) is 3.84. The van der Waals surface area contributed by atoms with Gasteiger partial charge in [0.2, 0.25) is 17.7 Å². The molecule has 0 aromatic rings. The summed E-state index contributed by atoms with van der Waals surface area (Å²) in [6.45, 7) is 0.197. The number of nitrogens with zero attached hydrogens (tertiary/aromatic N) is 1. The van der Waals surface area contributed by atoms with E-state index in [2.05, 4.69) is 5.32 Å². The topological polar surface area (TPSA) is 193 Å². The fourth-order valence-electron chi connectivity index (χ4n) is 2.60. The number of carbonyl (C=O) groups is 5. The second-order valence-corrected chi connectivity index (χ2v) is 5.80. The number of primary amides is 1. The Kier molecular flexibility index (Phi) is 7.30. The molecule has 1 aliphatic heterocycles. The molecule has 11 nitrogen and oxygen atoms in total. The van der Waals surface area contributed by atoms with E-state index >= 15 is 0 Å². The molecule has 0 aromatic carbocycles. The molecule has 140 valence electrons. The second-order valence-electron chi connectivity index (χ2n) is 5.80. The second kappa shape index (κ2) is 8.97. The van der Waals surface area contributed by atoms with E-state index in [0.29, 0.717) is 6.42 Å². The van der Waals surface area contributed by atoms with Gasteiger partial charge >= 0.3 is 11.9 Å². The largest absolute Gasteiger partial charge is 0.481 e. The van der Waals surface area contributed by atoms with Crippen LogP contribution in [0, 0.1) is 0 Å². The van der Waals surface area contributed by atoms with Gasteiger partial charge in [0.05, 0.1) is 12.5 Å². The maximum atomic E-state index is 12.6. The predicted octanol–water partition coefficient (Wildman–Crippen LogP) is -2.39. The van der Waals surface area contributed by atoms with Gasteiger partial charge in [0.1, 0.15) is 12.1 Å². The lowest BCUT2D eigenvalue weighted by atomic mass is 10.1. The van der Waals surface area contributed by atoms with E-state index in [1.165, 1.54) is 0 Å². The number of carbonyl (C=O) groups excluding carboxylic acids is 3. The van der Waals surface area contributed by atoms with Crippen molar-refractivity contribution in [1.29, 1.82) is 0 Å². The quantitative estimate of drug-likeness (QED) is 0.301. The SMILES string of the molecule is NC(=O)CC(N)C(=O)NC(CCC(=O)O)C(=O)N1CCCC1C(=O)O. The highest BCUT2D eigenvalue weighted by molar-refractivity contribution is 5.93. The maximum Gasteiger partial charge on any atom is 0.326 e. The molecule has 3 unspecified atom stereocenters. The Hall–Kier alpha value is -2.69. The summed E-state index contributed by atoms with van der Waals surface area (Å²) in [4.78, 5) is 58.5. The molecule has 25 heavy (non-hydrogen) atoms. The summed E-state index contributed by atoms with van der Waals surface area (Å²) in [6, 6.07) is -3.55. The molecule has 1 heterocycles. The minimum absolute atomic E-state index is 0.197. The Morgan fingerprint density at radius 1 is 1.20 bits per heavy atom. The van der Waals surface area contributed by atoms with Gasteiger partial charge in [-0.1, -0.05) is 0 Å². The molecule has 0 aromatic heterocycles. The number of nitrogens with one attached hydrogen (secondary N) is 1. The lowest BCUT2D eigenvalue weighted by Gasteiger charge is -2.27. The molecule has 1 fully saturated rings. The van der Waals surface area contributed by atoms with E-state index < -0.39 is 60.6 Å². The third kappa shape index (κ3) is 6.03. The number of nitrogens with two attached hydrogens (primary N) is 2.